The zero-order valence-electron chi connectivity index (χ0n) is 9.78. The summed E-state index contributed by atoms with van der Waals surface area (Å²) >= 11 is 3.35. The Morgan fingerprint density at radius 1 is 1.00 bits per heavy atom. The average Bonchev–Trinajstić information content (AvgIpc) is 2.37. The third-order valence-electron chi connectivity index (χ3n) is 2.44. The second-order valence-corrected chi connectivity index (χ2v) is 6.20. The van der Waals surface area contributed by atoms with E-state index in [2.05, 4.69) is 15.9 Å². The summed E-state index contributed by atoms with van der Waals surface area (Å²) in [5.74, 6) is 0.537. The highest BCUT2D eigenvalue weighted by molar-refractivity contribution is 9.10. The molecule has 0 fully saturated rings. The lowest BCUT2D eigenvalue weighted by molar-refractivity contribution is 0.306. The van der Waals surface area contributed by atoms with Crippen LogP contribution in [0.3, 0.4) is 0 Å². The monoisotopic (exact) mass is 342 g/mol. The summed E-state index contributed by atoms with van der Waals surface area (Å²) < 4.78 is 37.1. The molecule has 0 atom stereocenters. The lowest BCUT2D eigenvalue weighted by Crippen LogP contribution is -1.99. The van der Waals surface area contributed by atoms with Crippen molar-refractivity contribution in [1.82, 2.24) is 0 Å². The molecule has 0 aliphatic rings. The third kappa shape index (κ3) is 4.05. The van der Waals surface area contributed by atoms with Gasteiger partial charge in [0.15, 0.2) is 0 Å². The predicted octanol–water partition coefficient (Wildman–Crippen LogP) is 3.27. The first kappa shape index (κ1) is 14.0. The van der Waals surface area contributed by atoms with E-state index in [-0.39, 0.29) is 4.90 Å². The fourth-order valence-corrected chi connectivity index (χ4v) is 2.20. The van der Waals surface area contributed by atoms with Crippen LogP contribution in [0.4, 0.5) is 0 Å². The van der Waals surface area contributed by atoms with Crippen LogP contribution in [0, 0.1) is 0 Å². The minimum absolute atomic E-state index is 0.150. The van der Waals surface area contributed by atoms with E-state index >= 15 is 0 Å². The van der Waals surface area contributed by atoms with E-state index in [1.165, 1.54) is 24.3 Å². The average molecular weight is 343 g/mol. The van der Waals surface area contributed by atoms with Gasteiger partial charge in [0.2, 0.25) is 0 Å². The maximum atomic E-state index is 10.9. The molecular weight excluding hydrogens is 332 g/mol. The molecule has 4 nitrogen and oxygen atoms in total. The van der Waals surface area contributed by atoms with Gasteiger partial charge in [-0.3, -0.25) is 4.55 Å². The molecule has 6 heteroatoms. The Hall–Kier alpha value is -1.37. The quantitative estimate of drug-likeness (QED) is 0.866. The van der Waals surface area contributed by atoms with Gasteiger partial charge in [0.05, 0.1) is 4.90 Å². The van der Waals surface area contributed by atoms with Crippen LogP contribution in [0.1, 0.15) is 5.56 Å². The maximum Gasteiger partial charge on any atom is 0.294 e. The molecule has 2 rings (SSSR count). The summed E-state index contributed by atoms with van der Waals surface area (Å²) in [4.78, 5) is -0.150. The first-order valence-electron chi connectivity index (χ1n) is 5.40. The SMILES string of the molecule is O=S(=O)(O)c1ccc(OCc2ccc(Br)cc2)cc1. The number of benzene rings is 2. The Morgan fingerprint density at radius 2 is 1.58 bits per heavy atom. The number of halogens is 1. The fraction of sp³-hybridized carbons (Fsp3) is 0.0769. The number of ether oxygens (including phenoxy) is 1. The van der Waals surface area contributed by atoms with Crippen molar-refractivity contribution in [3.8, 4) is 5.75 Å². The normalized spacial score (nSPS) is 11.3. The van der Waals surface area contributed by atoms with Crippen LogP contribution in [0.5, 0.6) is 5.75 Å². The zero-order valence-corrected chi connectivity index (χ0v) is 12.2. The molecular formula is C13H11BrO4S. The molecule has 2 aromatic carbocycles. The van der Waals surface area contributed by atoms with Gasteiger partial charge < -0.3 is 4.74 Å². The fourth-order valence-electron chi connectivity index (χ4n) is 1.46. The molecule has 100 valence electrons. The maximum absolute atomic E-state index is 10.9. The van der Waals surface area contributed by atoms with Gasteiger partial charge in [-0.2, -0.15) is 8.42 Å². The van der Waals surface area contributed by atoms with Gasteiger partial charge in [0.1, 0.15) is 12.4 Å². The lowest BCUT2D eigenvalue weighted by atomic mass is 10.2. The second kappa shape index (κ2) is 5.73. The van der Waals surface area contributed by atoms with Gasteiger partial charge in [-0.1, -0.05) is 28.1 Å². The highest BCUT2D eigenvalue weighted by Gasteiger charge is 2.08. The van der Waals surface area contributed by atoms with Crippen LogP contribution in [0.2, 0.25) is 0 Å². The van der Waals surface area contributed by atoms with Crippen LogP contribution in [-0.2, 0) is 16.7 Å². The van der Waals surface area contributed by atoms with Crippen molar-refractivity contribution in [3.63, 3.8) is 0 Å². The largest absolute Gasteiger partial charge is 0.489 e. The second-order valence-electron chi connectivity index (χ2n) is 3.86. The van der Waals surface area contributed by atoms with Gasteiger partial charge in [0.25, 0.3) is 10.1 Å². The smallest absolute Gasteiger partial charge is 0.294 e. The van der Waals surface area contributed by atoms with Gasteiger partial charge >= 0.3 is 0 Å². The summed E-state index contributed by atoms with van der Waals surface area (Å²) in [6.45, 7) is 0.387. The first-order chi connectivity index (χ1) is 8.95. The van der Waals surface area contributed by atoms with E-state index < -0.39 is 10.1 Å². The minimum Gasteiger partial charge on any atom is -0.489 e. The van der Waals surface area contributed by atoms with E-state index in [0.717, 1.165) is 10.0 Å². The molecule has 19 heavy (non-hydrogen) atoms. The number of hydrogen-bond acceptors (Lipinski definition) is 3. The van der Waals surface area contributed by atoms with Crippen LogP contribution in [-0.4, -0.2) is 13.0 Å². The van der Waals surface area contributed by atoms with E-state index in [1.54, 1.807) is 0 Å². The summed E-state index contributed by atoms with van der Waals surface area (Å²) in [5.41, 5.74) is 1.00. The van der Waals surface area contributed by atoms with E-state index in [1.807, 2.05) is 24.3 Å². The Balaban J connectivity index is 2.02. The van der Waals surface area contributed by atoms with Crippen LogP contribution < -0.4 is 4.74 Å². The van der Waals surface area contributed by atoms with E-state index in [0.29, 0.717) is 12.4 Å². The van der Waals surface area contributed by atoms with Crippen molar-refractivity contribution in [1.29, 1.82) is 0 Å². The first-order valence-corrected chi connectivity index (χ1v) is 7.63. The Kier molecular flexibility index (Phi) is 4.24. The summed E-state index contributed by atoms with van der Waals surface area (Å²) in [6, 6.07) is 13.3. The highest BCUT2D eigenvalue weighted by atomic mass is 79.9. The van der Waals surface area contributed by atoms with Crippen molar-refractivity contribution < 1.29 is 17.7 Å². The molecule has 0 unspecified atom stereocenters. The number of rotatable bonds is 4. The molecule has 0 heterocycles. The topological polar surface area (TPSA) is 63.6 Å². The van der Waals surface area contributed by atoms with Gasteiger partial charge in [-0.25, -0.2) is 0 Å². The lowest BCUT2D eigenvalue weighted by Gasteiger charge is -2.06. The molecule has 1 N–H and O–H groups in total. The molecule has 0 bridgehead atoms. The third-order valence-corrected chi connectivity index (χ3v) is 3.84. The predicted molar refractivity (Wildman–Crippen MR) is 74.7 cm³/mol. The van der Waals surface area contributed by atoms with Crippen LogP contribution in [0.25, 0.3) is 0 Å². The van der Waals surface area contributed by atoms with Gasteiger partial charge in [0, 0.05) is 4.47 Å². The molecule has 0 aliphatic heterocycles. The molecule has 0 saturated carbocycles. The Morgan fingerprint density at radius 3 is 2.11 bits per heavy atom. The molecule has 0 spiro atoms. The van der Waals surface area contributed by atoms with Crippen molar-refractivity contribution >= 4 is 26.0 Å². The number of hydrogen-bond donors (Lipinski definition) is 1. The summed E-state index contributed by atoms with van der Waals surface area (Å²) in [5, 5.41) is 0. The van der Waals surface area contributed by atoms with Gasteiger partial charge in [-0.05, 0) is 42.0 Å². The molecule has 0 radical (unpaired) electrons. The van der Waals surface area contributed by atoms with Crippen LogP contribution >= 0.6 is 15.9 Å². The van der Waals surface area contributed by atoms with Crippen molar-refractivity contribution in [3.05, 3.63) is 58.6 Å². The molecule has 0 aromatic heterocycles. The summed E-state index contributed by atoms with van der Waals surface area (Å²) in [7, 11) is -4.15. The van der Waals surface area contributed by atoms with Gasteiger partial charge in [-0.15, -0.1) is 0 Å². The molecule has 2 aromatic rings. The van der Waals surface area contributed by atoms with Crippen molar-refractivity contribution in [2.24, 2.45) is 0 Å². The summed E-state index contributed by atoms with van der Waals surface area (Å²) in [6.07, 6.45) is 0. The highest BCUT2D eigenvalue weighted by Crippen LogP contribution is 2.17. The van der Waals surface area contributed by atoms with Crippen molar-refractivity contribution in [2.45, 2.75) is 11.5 Å². The van der Waals surface area contributed by atoms with E-state index in [9.17, 15) is 8.42 Å². The Labute approximate surface area is 119 Å². The molecule has 0 saturated heterocycles. The standard InChI is InChI=1S/C13H11BrO4S/c14-11-3-1-10(2-4-11)9-18-12-5-7-13(8-6-12)19(15,16)17/h1-8H,9H2,(H,15,16,17). The minimum atomic E-state index is -4.15. The van der Waals surface area contributed by atoms with E-state index in [4.69, 9.17) is 9.29 Å². The van der Waals surface area contributed by atoms with Crippen molar-refractivity contribution in [2.75, 3.05) is 0 Å². The zero-order chi connectivity index (χ0) is 13.9. The van der Waals surface area contributed by atoms with Crippen LogP contribution in [0.15, 0.2) is 57.9 Å². The molecule has 0 amide bonds. The molecule has 0 aliphatic carbocycles. The Bertz CT molecular complexity index is 648.